The molecule has 174 valence electrons. The van der Waals surface area contributed by atoms with E-state index in [1.807, 2.05) is 20.8 Å². The van der Waals surface area contributed by atoms with Crippen LogP contribution in [0.4, 0.5) is 0 Å². The van der Waals surface area contributed by atoms with E-state index in [-0.39, 0.29) is 34.5 Å². The Kier molecular flexibility index (Phi) is 6.16. The number of imide groups is 1. The highest BCUT2D eigenvalue weighted by Crippen LogP contribution is 2.49. The third-order valence-electron chi connectivity index (χ3n) is 6.13. The Hall–Kier alpha value is -1.64. The fourth-order valence-corrected chi connectivity index (χ4v) is 5.33. The molecule has 2 rings (SSSR count). The van der Waals surface area contributed by atoms with Gasteiger partial charge in [0.25, 0.3) is 5.91 Å². The van der Waals surface area contributed by atoms with Gasteiger partial charge in [-0.2, -0.15) is 0 Å². The van der Waals surface area contributed by atoms with E-state index in [2.05, 4.69) is 76.2 Å². The molecule has 1 aliphatic rings. The summed E-state index contributed by atoms with van der Waals surface area (Å²) < 4.78 is 0. The number of hydrogen-bond donors (Lipinski definition) is 0. The second-order valence-corrected chi connectivity index (χ2v) is 13.7. The lowest BCUT2D eigenvalue weighted by Crippen LogP contribution is -2.54. The van der Waals surface area contributed by atoms with E-state index in [0.29, 0.717) is 5.92 Å². The zero-order valence-electron chi connectivity index (χ0n) is 22.5. The average Bonchev–Trinajstić information content (AvgIpc) is 2.47. The standard InChI is InChI=1S/C28H45NO2/c1-16(2)19-21(25(3,4)5)17-15-18(30)29(28(12,13)14)24(31)20(17)23(27(9,10)11)22(19)26(6,7)8/h16H,15H2,1-14H3. The molecule has 0 saturated carbocycles. The first-order valence-corrected chi connectivity index (χ1v) is 11.7. The minimum atomic E-state index is -0.554. The third kappa shape index (κ3) is 4.47. The second kappa shape index (κ2) is 7.46. The van der Waals surface area contributed by atoms with Crippen LogP contribution in [0.1, 0.15) is 141 Å². The van der Waals surface area contributed by atoms with Gasteiger partial charge < -0.3 is 0 Å². The van der Waals surface area contributed by atoms with Crippen molar-refractivity contribution < 1.29 is 9.59 Å². The van der Waals surface area contributed by atoms with Gasteiger partial charge in [0.2, 0.25) is 5.91 Å². The van der Waals surface area contributed by atoms with Crippen molar-refractivity contribution in [3.05, 3.63) is 33.4 Å². The molecule has 0 unspecified atom stereocenters. The first-order valence-electron chi connectivity index (χ1n) is 11.7. The number of nitrogens with zero attached hydrogens (tertiary/aromatic N) is 1. The Morgan fingerprint density at radius 2 is 1.10 bits per heavy atom. The van der Waals surface area contributed by atoms with Crippen LogP contribution in [-0.2, 0) is 27.5 Å². The lowest BCUT2D eigenvalue weighted by atomic mass is 9.63. The molecule has 0 fully saturated rings. The molecule has 0 bridgehead atoms. The first-order chi connectivity index (χ1) is 13.6. The molecule has 0 aliphatic carbocycles. The SMILES string of the molecule is CC(C)c1c(C(C)(C)C)c2c(c(C(C)(C)C)c1C(C)(C)C)C(=O)N(C(C)(C)C)C(=O)C2. The van der Waals surface area contributed by atoms with Crippen LogP contribution < -0.4 is 0 Å². The predicted molar refractivity (Wildman–Crippen MR) is 131 cm³/mol. The largest absolute Gasteiger partial charge is 0.274 e. The predicted octanol–water partition coefficient (Wildman–Crippen LogP) is 7.03. The second-order valence-electron chi connectivity index (χ2n) is 13.7. The maximum atomic E-state index is 14.1. The smallest absolute Gasteiger partial charge is 0.261 e. The average molecular weight is 428 g/mol. The number of amides is 2. The normalized spacial score (nSPS) is 16.3. The molecule has 3 heteroatoms. The highest BCUT2D eigenvalue weighted by Gasteiger charge is 2.46. The molecule has 1 aromatic carbocycles. The monoisotopic (exact) mass is 427 g/mol. The molecular formula is C28H45NO2. The van der Waals surface area contributed by atoms with E-state index in [4.69, 9.17) is 0 Å². The Balaban J connectivity index is 3.28. The summed E-state index contributed by atoms with van der Waals surface area (Å²) in [4.78, 5) is 28.9. The Morgan fingerprint density at radius 1 is 0.677 bits per heavy atom. The molecule has 0 N–H and O–H groups in total. The summed E-state index contributed by atoms with van der Waals surface area (Å²) in [5.41, 5.74) is 5.59. The molecule has 0 saturated heterocycles. The first kappa shape index (κ1) is 25.6. The van der Waals surface area contributed by atoms with Crippen molar-refractivity contribution >= 4 is 11.8 Å². The third-order valence-corrected chi connectivity index (χ3v) is 6.13. The van der Waals surface area contributed by atoms with Gasteiger partial charge in [0.1, 0.15) is 0 Å². The summed E-state index contributed by atoms with van der Waals surface area (Å²) >= 11 is 0. The van der Waals surface area contributed by atoms with Crippen molar-refractivity contribution in [2.75, 3.05) is 0 Å². The van der Waals surface area contributed by atoms with Crippen LogP contribution in [0.3, 0.4) is 0 Å². The van der Waals surface area contributed by atoms with E-state index in [1.54, 1.807) is 0 Å². The van der Waals surface area contributed by atoms with E-state index in [9.17, 15) is 9.59 Å². The Labute approximate surface area is 191 Å². The molecule has 0 atom stereocenters. The van der Waals surface area contributed by atoms with E-state index < -0.39 is 5.54 Å². The highest BCUT2D eigenvalue weighted by atomic mass is 16.2. The lowest BCUT2D eigenvalue weighted by Gasteiger charge is -2.45. The number of hydrogen-bond acceptors (Lipinski definition) is 2. The zero-order chi connectivity index (χ0) is 24.5. The maximum Gasteiger partial charge on any atom is 0.261 e. The molecule has 1 aromatic rings. The van der Waals surface area contributed by atoms with Crippen LogP contribution in [0.5, 0.6) is 0 Å². The summed E-state index contributed by atoms with van der Waals surface area (Å²) in [6.45, 7) is 30.3. The van der Waals surface area contributed by atoms with Gasteiger partial charge in [0.15, 0.2) is 0 Å². The molecule has 0 aromatic heterocycles. The van der Waals surface area contributed by atoms with Crippen molar-refractivity contribution in [2.45, 2.75) is 131 Å². The van der Waals surface area contributed by atoms with Crippen molar-refractivity contribution in [3.8, 4) is 0 Å². The molecule has 0 radical (unpaired) electrons. The minimum absolute atomic E-state index is 0.0893. The van der Waals surface area contributed by atoms with Crippen molar-refractivity contribution in [1.82, 2.24) is 4.90 Å². The molecule has 1 heterocycles. The summed E-state index contributed by atoms with van der Waals surface area (Å²) in [7, 11) is 0. The van der Waals surface area contributed by atoms with E-state index in [1.165, 1.54) is 21.6 Å². The summed E-state index contributed by atoms with van der Waals surface area (Å²) in [5, 5.41) is 0. The number of carbonyl (C=O) groups is 2. The van der Waals surface area contributed by atoms with Gasteiger partial charge in [0, 0.05) is 11.1 Å². The summed E-state index contributed by atoms with van der Waals surface area (Å²) in [5.74, 6) is 0.0734. The Morgan fingerprint density at radius 3 is 1.42 bits per heavy atom. The Bertz CT molecular complexity index is 907. The van der Waals surface area contributed by atoms with Crippen molar-refractivity contribution in [3.63, 3.8) is 0 Å². The van der Waals surface area contributed by atoms with E-state index in [0.717, 1.165) is 16.7 Å². The van der Waals surface area contributed by atoms with E-state index >= 15 is 0 Å². The highest BCUT2D eigenvalue weighted by molar-refractivity contribution is 6.12. The van der Waals surface area contributed by atoms with Gasteiger partial charge in [-0.15, -0.1) is 0 Å². The van der Waals surface area contributed by atoms with Crippen LogP contribution in [0, 0.1) is 0 Å². The van der Waals surface area contributed by atoms with Gasteiger partial charge >= 0.3 is 0 Å². The van der Waals surface area contributed by atoms with Crippen molar-refractivity contribution in [1.29, 1.82) is 0 Å². The molecular weight excluding hydrogens is 382 g/mol. The van der Waals surface area contributed by atoms with Gasteiger partial charge in [0.05, 0.1) is 6.42 Å². The lowest BCUT2D eigenvalue weighted by molar-refractivity contribution is -0.132. The number of rotatable bonds is 1. The topological polar surface area (TPSA) is 37.4 Å². The van der Waals surface area contributed by atoms with Crippen LogP contribution in [-0.4, -0.2) is 22.3 Å². The van der Waals surface area contributed by atoms with Gasteiger partial charge in [-0.25, -0.2) is 0 Å². The van der Waals surface area contributed by atoms with Crippen LogP contribution in [0.15, 0.2) is 0 Å². The van der Waals surface area contributed by atoms with Gasteiger partial charge in [-0.05, 0) is 70.8 Å². The molecule has 3 nitrogen and oxygen atoms in total. The summed E-state index contributed by atoms with van der Waals surface area (Å²) in [6, 6.07) is 0. The summed E-state index contributed by atoms with van der Waals surface area (Å²) in [6.07, 6.45) is 0.290. The minimum Gasteiger partial charge on any atom is -0.274 e. The van der Waals surface area contributed by atoms with Gasteiger partial charge in [-0.3, -0.25) is 14.5 Å². The number of carbonyl (C=O) groups excluding carboxylic acids is 2. The van der Waals surface area contributed by atoms with Crippen LogP contribution in [0.2, 0.25) is 0 Å². The molecule has 31 heavy (non-hydrogen) atoms. The molecule has 0 spiro atoms. The quantitative estimate of drug-likeness (QED) is 0.451. The molecule has 2 amide bonds. The van der Waals surface area contributed by atoms with Crippen LogP contribution >= 0.6 is 0 Å². The number of benzene rings is 1. The van der Waals surface area contributed by atoms with Crippen LogP contribution in [0.25, 0.3) is 0 Å². The zero-order valence-corrected chi connectivity index (χ0v) is 22.5. The van der Waals surface area contributed by atoms with Gasteiger partial charge in [-0.1, -0.05) is 76.2 Å². The molecule has 1 aliphatic heterocycles. The fourth-order valence-electron chi connectivity index (χ4n) is 5.33. The van der Waals surface area contributed by atoms with Crippen molar-refractivity contribution in [2.24, 2.45) is 0 Å². The fraction of sp³-hybridized carbons (Fsp3) is 0.714. The number of fused-ring (bicyclic) bond motifs is 1. The maximum absolute atomic E-state index is 14.1.